The lowest BCUT2D eigenvalue weighted by Crippen LogP contribution is -2.61. The van der Waals surface area contributed by atoms with Crippen molar-refractivity contribution in [2.75, 3.05) is 38.7 Å². The fourth-order valence-corrected chi connectivity index (χ4v) is 6.99. The molecule has 2 aromatic carbocycles. The first-order valence-electron chi connectivity index (χ1n) is 14.0. The molecule has 0 radical (unpaired) electrons. The Balaban J connectivity index is 1.64. The second-order valence-electron chi connectivity index (χ2n) is 12.2. The first kappa shape index (κ1) is 33.2. The number of amides is 1. The summed E-state index contributed by atoms with van der Waals surface area (Å²) in [6, 6.07) is 8.80. The molecule has 1 amide bonds. The molecular weight excluding hydrogens is 592 g/mol. The van der Waals surface area contributed by atoms with Crippen LogP contribution in [0, 0.1) is 0 Å². The molecule has 0 saturated carbocycles. The maximum atomic E-state index is 14.3. The molecule has 0 aliphatic carbocycles. The molecule has 2 aliphatic heterocycles. The van der Waals surface area contributed by atoms with Gasteiger partial charge in [-0.15, -0.1) is 0 Å². The maximum Gasteiger partial charge on any atom is 0.418 e. The summed E-state index contributed by atoms with van der Waals surface area (Å²) in [7, 11) is 2.09. The Morgan fingerprint density at radius 2 is 1.56 bits per heavy atom. The lowest BCUT2D eigenvalue weighted by atomic mass is 9.77. The summed E-state index contributed by atoms with van der Waals surface area (Å²) >= 11 is 0.622. The molecule has 0 spiro atoms. The zero-order valence-corrected chi connectivity index (χ0v) is 25.6. The number of piperidine rings is 1. The lowest BCUT2D eigenvalue weighted by molar-refractivity contribution is -0.163. The Morgan fingerprint density at radius 1 is 0.953 bits per heavy atom. The Labute approximate surface area is 252 Å². The second-order valence-corrected chi connectivity index (χ2v) is 13.3. The number of rotatable bonds is 6. The van der Waals surface area contributed by atoms with Crippen LogP contribution in [0.15, 0.2) is 52.3 Å². The van der Waals surface area contributed by atoms with E-state index in [0.29, 0.717) is 22.3 Å². The number of carbonyl (C=O) groups excluding carboxylic acids is 1. The summed E-state index contributed by atoms with van der Waals surface area (Å²) in [4.78, 5) is 15.9. The summed E-state index contributed by atoms with van der Waals surface area (Å²) in [5.41, 5.74) is -3.83. The number of likely N-dealkylation sites (tertiary alicyclic amines) is 1. The number of benzene rings is 2. The number of ether oxygens (including phenoxy) is 1. The quantitative estimate of drug-likeness (QED) is 0.261. The Kier molecular flexibility index (Phi) is 9.54. The number of alkyl halides is 6. The van der Waals surface area contributed by atoms with Crippen LogP contribution in [0.5, 0.6) is 0 Å². The summed E-state index contributed by atoms with van der Waals surface area (Å²) in [6.45, 7) is 9.68. The zero-order chi connectivity index (χ0) is 31.8. The third kappa shape index (κ3) is 7.88. The van der Waals surface area contributed by atoms with E-state index in [1.165, 1.54) is 4.90 Å². The molecule has 43 heavy (non-hydrogen) atoms. The first-order chi connectivity index (χ1) is 19.9. The number of nitrogens with zero attached hydrogens (tertiary/aromatic N) is 2. The molecule has 0 bridgehead atoms. The average molecular weight is 630 g/mol. The minimum Gasteiger partial charge on any atom is -0.382 e. The van der Waals surface area contributed by atoms with Crippen LogP contribution in [-0.4, -0.2) is 66.2 Å². The minimum absolute atomic E-state index is 0.0928. The van der Waals surface area contributed by atoms with Gasteiger partial charge in [-0.25, -0.2) is 0 Å². The van der Waals surface area contributed by atoms with Crippen molar-refractivity contribution in [2.45, 2.75) is 79.8 Å². The van der Waals surface area contributed by atoms with Crippen LogP contribution >= 0.6 is 11.8 Å². The minimum atomic E-state index is -5.32. The third-order valence-corrected chi connectivity index (χ3v) is 9.28. The highest BCUT2D eigenvalue weighted by molar-refractivity contribution is 7.99. The molecular formula is C31H37F6N3O2S. The molecule has 5 nitrogen and oxygen atoms in total. The number of hydrogen-bond donors (Lipinski definition) is 1. The highest BCUT2D eigenvalue weighted by Crippen LogP contribution is 2.48. The Morgan fingerprint density at radius 3 is 2.14 bits per heavy atom. The number of carbonyl (C=O) groups is 1. The van der Waals surface area contributed by atoms with E-state index < -0.39 is 39.8 Å². The van der Waals surface area contributed by atoms with E-state index in [-0.39, 0.29) is 43.4 Å². The molecule has 1 N–H and O–H groups in total. The molecule has 2 fully saturated rings. The number of anilines is 1. The van der Waals surface area contributed by atoms with Crippen molar-refractivity contribution in [3.63, 3.8) is 0 Å². The number of nitrogens with one attached hydrogen (secondary N) is 1. The van der Waals surface area contributed by atoms with Crippen molar-refractivity contribution < 1.29 is 35.9 Å². The van der Waals surface area contributed by atoms with E-state index in [1.54, 1.807) is 24.3 Å². The molecule has 0 unspecified atom stereocenters. The van der Waals surface area contributed by atoms with E-state index in [0.717, 1.165) is 37.1 Å². The summed E-state index contributed by atoms with van der Waals surface area (Å²) in [5, 5.41) is 3.49. The van der Waals surface area contributed by atoms with Crippen LogP contribution in [0.3, 0.4) is 0 Å². The van der Waals surface area contributed by atoms with Crippen molar-refractivity contribution in [2.24, 2.45) is 0 Å². The molecule has 2 aliphatic rings. The highest BCUT2D eigenvalue weighted by atomic mass is 32.2. The maximum absolute atomic E-state index is 14.3. The monoisotopic (exact) mass is 629 g/mol. The largest absolute Gasteiger partial charge is 0.418 e. The van der Waals surface area contributed by atoms with E-state index >= 15 is 0 Å². The van der Waals surface area contributed by atoms with Crippen LogP contribution in [0.4, 0.5) is 32.0 Å². The van der Waals surface area contributed by atoms with Crippen LogP contribution in [-0.2, 0) is 21.9 Å². The SMILES string of the molecule is CN1C(C)(C)CC(Nc2cccc(Sc3ccc(/C=C/C(=O)N4CCOCC4)c(C(F)(F)F)c3C(F)(F)F)c2)CC1(C)C. The van der Waals surface area contributed by atoms with Gasteiger partial charge in [-0.3, -0.25) is 9.69 Å². The van der Waals surface area contributed by atoms with E-state index in [4.69, 9.17) is 4.74 Å². The molecule has 2 heterocycles. The van der Waals surface area contributed by atoms with Gasteiger partial charge in [0.15, 0.2) is 0 Å². The fourth-order valence-electron chi connectivity index (χ4n) is 5.95. The predicted molar refractivity (Wildman–Crippen MR) is 156 cm³/mol. The standard InChI is InChI=1S/C31H37F6N3O2S/c1-28(2)18-22(19-29(3,4)39(28)5)38-21-7-6-8-23(17-21)43-24-11-9-20(10-12-25(41)40-13-15-42-16-14-40)26(30(32,33)34)27(24)31(35,36)37/h6-12,17,22,38H,13-16,18-19H2,1-5H3/b12-10+. The van der Waals surface area contributed by atoms with Crippen LogP contribution in [0.25, 0.3) is 6.08 Å². The number of morpholine rings is 1. The smallest absolute Gasteiger partial charge is 0.382 e. The van der Waals surface area contributed by atoms with Crippen LogP contribution in [0.2, 0.25) is 0 Å². The fraction of sp³-hybridized carbons (Fsp3) is 0.516. The molecule has 4 rings (SSSR count). The molecule has 236 valence electrons. The molecule has 2 aromatic rings. The zero-order valence-electron chi connectivity index (χ0n) is 24.8. The van der Waals surface area contributed by atoms with E-state index in [9.17, 15) is 31.1 Å². The van der Waals surface area contributed by atoms with E-state index in [1.807, 2.05) is 0 Å². The average Bonchev–Trinajstić information content (AvgIpc) is 2.89. The van der Waals surface area contributed by atoms with Crippen molar-refractivity contribution in [3.05, 3.63) is 59.2 Å². The van der Waals surface area contributed by atoms with Gasteiger partial charge in [-0.05, 0) is 83.5 Å². The van der Waals surface area contributed by atoms with Gasteiger partial charge in [-0.1, -0.05) is 23.9 Å². The first-order valence-corrected chi connectivity index (χ1v) is 14.8. The molecule has 0 aromatic heterocycles. The highest BCUT2D eigenvalue weighted by Gasteiger charge is 2.47. The lowest BCUT2D eigenvalue weighted by Gasteiger charge is -2.54. The second kappa shape index (κ2) is 12.4. The van der Waals surface area contributed by atoms with Crippen LogP contribution in [0.1, 0.15) is 57.2 Å². The third-order valence-electron chi connectivity index (χ3n) is 8.24. The van der Waals surface area contributed by atoms with Gasteiger partial charge in [0.1, 0.15) is 0 Å². The van der Waals surface area contributed by atoms with Gasteiger partial charge in [0.2, 0.25) is 5.91 Å². The number of halogens is 6. The molecule has 2 saturated heterocycles. The molecule has 12 heteroatoms. The van der Waals surface area contributed by atoms with Crippen molar-refractivity contribution >= 4 is 29.4 Å². The normalized spacial score (nSPS) is 20.0. The summed E-state index contributed by atoms with van der Waals surface area (Å²) in [6.07, 6.45) is -7.27. The van der Waals surface area contributed by atoms with Gasteiger partial charge in [0.05, 0.1) is 24.3 Å². The Bertz CT molecular complexity index is 1330. The van der Waals surface area contributed by atoms with Gasteiger partial charge in [0, 0.05) is 51.8 Å². The van der Waals surface area contributed by atoms with Crippen molar-refractivity contribution in [3.8, 4) is 0 Å². The number of hydrogen-bond acceptors (Lipinski definition) is 5. The summed E-state index contributed by atoms with van der Waals surface area (Å²) in [5.74, 6) is -0.593. The van der Waals surface area contributed by atoms with Gasteiger partial charge >= 0.3 is 12.4 Å². The van der Waals surface area contributed by atoms with Gasteiger partial charge in [-0.2, -0.15) is 26.3 Å². The summed E-state index contributed by atoms with van der Waals surface area (Å²) < 4.78 is 90.9. The topological polar surface area (TPSA) is 44.8 Å². The van der Waals surface area contributed by atoms with Gasteiger partial charge in [0.25, 0.3) is 0 Å². The predicted octanol–water partition coefficient (Wildman–Crippen LogP) is 7.81. The Hall–Kier alpha value is -2.70. The van der Waals surface area contributed by atoms with Crippen LogP contribution < -0.4 is 5.32 Å². The van der Waals surface area contributed by atoms with Crippen molar-refractivity contribution in [1.82, 2.24) is 9.80 Å². The van der Waals surface area contributed by atoms with Gasteiger partial charge < -0.3 is 15.0 Å². The molecule has 0 atom stereocenters. The van der Waals surface area contributed by atoms with Crippen molar-refractivity contribution in [1.29, 1.82) is 0 Å². The van der Waals surface area contributed by atoms with E-state index in [2.05, 4.69) is 45.0 Å².